The lowest BCUT2D eigenvalue weighted by atomic mass is 10.2. The number of rotatable bonds is 5. The highest BCUT2D eigenvalue weighted by molar-refractivity contribution is 6.33. The van der Waals surface area contributed by atoms with Crippen LogP contribution in [0.15, 0.2) is 48.8 Å². The van der Waals surface area contributed by atoms with E-state index in [0.29, 0.717) is 46.8 Å². The van der Waals surface area contributed by atoms with Crippen LogP contribution in [0.5, 0.6) is 0 Å². The molecule has 0 atom stereocenters. The normalized spacial score (nSPS) is 10.0. The minimum atomic E-state index is 0.378. The number of benzene rings is 1. The molecule has 136 valence electrons. The summed E-state index contributed by atoms with van der Waals surface area (Å²) in [4.78, 5) is 12.8. The highest BCUT2D eigenvalue weighted by Gasteiger charge is 2.08. The third-order valence-electron chi connectivity index (χ3n) is 3.46. The van der Waals surface area contributed by atoms with E-state index in [0.717, 1.165) is 5.69 Å². The summed E-state index contributed by atoms with van der Waals surface area (Å²) in [7, 11) is 0. The maximum atomic E-state index is 6.20. The van der Waals surface area contributed by atoms with E-state index in [-0.39, 0.29) is 0 Å². The molecule has 3 aromatic rings. The fourth-order valence-corrected chi connectivity index (χ4v) is 2.32. The Bertz CT molecular complexity index is 995. The fourth-order valence-electron chi connectivity index (χ4n) is 2.18. The fraction of sp³-hybridized carbons (Fsp3) is 0.105. The van der Waals surface area contributed by atoms with Gasteiger partial charge in [0, 0.05) is 24.8 Å². The summed E-state index contributed by atoms with van der Waals surface area (Å²) in [5, 5.41) is 6.62. The average molecular weight is 380 g/mol. The van der Waals surface area contributed by atoms with Crippen LogP contribution in [0.25, 0.3) is 0 Å². The molecular weight excluding hydrogens is 362 g/mol. The quantitative estimate of drug-likeness (QED) is 0.397. The van der Waals surface area contributed by atoms with Crippen molar-refractivity contribution in [2.24, 2.45) is 5.73 Å². The van der Waals surface area contributed by atoms with Gasteiger partial charge in [-0.2, -0.15) is 4.98 Å². The highest BCUT2D eigenvalue weighted by atomic mass is 35.5. The number of aromatic nitrogens is 3. The lowest BCUT2D eigenvalue weighted by Crippen LogP contribution is -2.03. The minimum absolute atomic E-state index is 0.378. The van der Waals surface area contributed by atoms with Crippen molar-refractivity contribution in [3.05, 3.63) is 59.5 Å². The number of anilines is 5. The molecule has 2 aromatic heterocycles. The summed E-state index contributed by atoms with van der Waals surface area (Å²) in [6, 6.07) is 11.0. The van der Waals surface area contributed by atoms with Gasteiger partial charge in [-0.15, -0.1) is 0 Å². The second-order valence-electron chi connectivity index (χ2n) is 5.50. The van der Waals surface area contributed by atoms with Crippen molar-refractivity contribution in [3.8, 4) is 11.8 Å². The van der Waals surface area contributed by atoms with E-state index >= 15 is 0 Å². The molecule has 6 N–H and O–H groups in total. The standard InChI is InChI=1S/C19H18ClN7/c20-15-12-24-19(27-18(15)26-17-7-2-1-6-16(17)22)25-14-8-10-23-13(11-14)5-3-4-9-21/h1-2,6-8,10-12H,4,9,21-22H2,(H2,23,24,25,26,27). The Labute approximate surface area is 162 Å². The van der Waals surface area contributed by atoms with Gasteiger partial charge in [0.05, 0.1) is 17.6 Å². The van der Waals surface area contributed by atoms with Gasteiger partial charge >= 0.3 is 0 Å². The molecule has 0 amide bonds. The predicted molar refractivity (Wildman–Crippen MR) is 109 cm³/mol. The van der Waals surface area contributed by atoms with Gasteiger partial charge in [-0.3, -0.25) is 0 Å². The van der Waals surface area contributed by atoms with Crippen molar-refractivity contribution in [1.29, 1.82) is 0 Å². The van der Waals surface area contributed by atoms with Crippen LogP contribution in [-0.4, -0.2) is 21.5 Å². The molecule has 0 aliphatic carbocycles. The van der Waals surface area contributed by atoms with E-state index in [2.05, 4.69) is 37.4 Å². The molecular formula is C19H18ClN7. The summed E-state index contributed by atoms with van der Waals surface area (Å²) in [5.74, 6) is 6.74. The average Bonchev–Trinajstić information content (AvgIpc) is 2.67. The third kappa shape index (κ3) is 5.07. The molecule has 0 saturated carbocycles. The van der Waals surface area contributed by atoms with Crippen LogP contribution in [0.1, 0.15) is 12.1 Å². The molecule has 0 bridgehead atoms. The first-order valence-corrected chi connectivity index (χ1v) is 8.59. The number of hydrogen-bond acceptors (Lipinski definition) is 7. The lowest BCUT2D eigenvalue weighted by molar-refractivity contribution is 1.03. The number of nitrogen functional groups attached to an aromatic ring is 1. The van der Waals surface area contributed by atoms with Crippen molar-refractivity contribution < 1.29 is 0 Å². The monoisotopic (exact) mass is 379 g/mol. The van der Waals surface area contributed by atoms with Crippen LogP contribution >= 0.6 is 11.6 Å². The second kappa shape index (κ2) is 8.85. The first-order valence-electron chi connectivity index (χ1n) is 8.22. The molecule has 0 aliphatic rings. The maximum Gasteiger partial charge on any atom is 0.229 e. The Balaban J connectivity index is 1.80. The minimum Gasteiger partial charge on any atom is -0.397 e. The molecule has 27 heavy (non-hydrogen) atoms. The van der Waals surface area contributed by atoms with Gasteiger partial charge < -0.3 is 22.1 Å². The molecule has 7 nitrogen and oxygen atoms in total. The Morgan fingerprint density at radius 3 is 2.78 bits per heavy atom. The smallest absolute Gasteiger partial charge is 0.229 e. The van der Waals surface area contributed by atoms with Gasteiger partial charge in [-0.05, 0) is 30.2 Å². The first-order chi connectivity index (χ1) is 13.2. The van der Waals surface area contributed by atoms with Crippen molar-refractivity contribution in [3.63, 3.8) is 0 Å². The van der Waals surface area contributed by atoms with Gasteiger partial charge in [0.25, 0.3) is 0 Å². The number of halogens is 1. The molecule has 0 aliphatic heterocycles. The van der Waals surface area contributed by atoms with Crippen LogP contribution in [-0.2, 0) is 0 Å². The van der Waals surface area contributed by atoms with Gasteiger partial charge in [-0.25, -0.2) is 9.97 Å². The maximum absolute atomic E-state index is 6.20. The summed E-state index contributed by atoms with van der Waals surface area (Å²) in [6.07, 6.45) is 3.80. The van der Waals surface area contributed by atoms with E-state index in [1.807, 2.05) is 24.3 Å². The van der Waals surface area contributed by atoms with Crippen LogP contribution in [0.4, 0.5) is 28.8 Å². The molecule has 0 radical (unpaired) electrons. The summed E-state index contributed by atoms with van der Waals surface area (Å²) < 4.78 is 0. The Kier molecular flexibility index (Phi) is 6.05. The Hall–Kier alpha value is -3.34. The predicted octanol–water partition coefficient (Wildman–Crippen LogP) is 3.29. The van der Waals surface area contributed by atoms with Gasteiger partial charge in [-0.1, -0.05) is 29.7 Å². The van der Waals surface area contributed by atoms with Crippen LogP contribution in [0.3, 0.4) is 0 Å². The van der Waals surface area contributed by atoms with Crippen molar-refractivity contribution in [2.75, 3.05) is 22.9 Å². The number of para-hydroxylation sites is 2. The first kappa shape index (κ1) is 18.5. The number of nitrogens with one attached hydrogen (secondary N) is 2. The van der Waals surface area contributed by atoms with Crippen LogP contribution in [0, 0.1) is 11.8 Å². The summed E-state index contributed by atoms with van der Waals surface area (Å²) in [5.41, 5.74) is 14.1. The topological polar surface area (TPSA) is 115 Å². The summed E-state index contributed by atoms with van der Waals surface area (Å²) >= 11 is 6.20. The zero-order valence-corrected chi connectivity index (χ0v) is 15.2. The van der Waals surface area contributed by atoms with Crippen LogP contribution < -0.4 is 22.1 Å². The highest BCUT2D eigenvalue weighted by Crippen LogP contribution is 2.27. The van der Waals surface area contributed by atoms with Crippen molar-refractivity contribution >= 4 is 40.4 Å². The van der Waals surface area contributed by atoms with E-state index in [4.69, 9.17) is 23.1 Å². The Morgan fingerprint density at radius 1 is 1.11 bits per heavy atom. The number of nitrogens with zero attached hydrogens (tertiary/aromatic N) is 3. The zero-order valence-electron chi connectivity index (χ0n) is 14.4. The molecule has 3 rings (SSSR count). The number of pyridine rings is 1. The summed E-state index contributed by atoms with van der Waals surface area (Å²) in [6.45, 7) is 0.519. The SMILES string of the molecule is NCCC#Cc1cc(Nc2ncc(Cl)c(Nc3ccccc3N)n2)ccn1. The van der Waals surface area contributed by atoms with Gasteiger partial charge in [0.15, 0.2) is 5.82 Å². The van der Waals surface area contributed by atoms with Crippen molar-refractivity contribution in [1.82, 2.24) is 15.0 Å². The molecule has 2 heterocycles. The number of nitrogens with two attached hydrogens (primary N) is 2. The molecule has 0 unspecified atom stereocenters. The van der Waals surface area contributed by atoms with E-state index in [1.54, 1.807) is 18.3 Å². The molecule has 1 aromatic carbocycles. The van der Waals surface area contributed by atoms with Gasteiger partial charge in [0.1, 0.15) is 10.7 Å². The number of hydrogen-bond donors (Lipinski definition) is 4. The molecule has 0 fully saturated rings. The van der Waals surface area contributed by atoms with Gasteiger partial charge in [0.2, 0.25) is 5.95 Å². The molecule has 0 saturated heterocycles. The van der Waals surface area contributed by atoms with E-state index < -0.39 is 0 Å². The molecule has 0 spiro atoms. The zero-order chi connectivity index (χ0) is 19.1. The largest absolute Gasteiger partial charge is 0.397 e. The van der Waals surface area contributed by atoms with E-state index in [9.17, 15) is 0 Å². The van der Waals surface area contributed by atoms with E-state index in [1.165, 1.54) is 6.20 Å². The lowest BCUT2D eigenvalue weighted by Gasteiger charge is -2.11. The Morgan fingerprint density at radius 2 is 1.96 bits per heavy atom. The second-order valence-corrected chi connectivity index (χ2v) is 5.90. The third-order valence-corrected chi connectivity index (χ3v) is 3.74. The van der Waals surface area contributed by atoms with Crippen LogP contribution in [0.2, 0.25) is 5.02 Å². The molecule has 8 heteroatoms. The van der Waals surface area contributed by atoms with Crippen molar-refractivity contribution in [2.45, 2.75) is 6.42 Å².